The van der Waals surface area contributed by atoms with Gasteiger partial charge in [-0.1, -0.05) is 11.6 Å². The molecule has 19 heavy (non-hydrogen) atoms. The summed E-state index contributed by atoms with van der Waals surface area (Å²) < 4.78 is 0. The van der Waals surface area contributed by atoms with Crippen LogP contribution in [0.5, 0.6) is 0 Å². The number of amides is 1. The van der Waals surface area contributed by atoms with Crippen molar-refractivity contribution >= 4 is 28.9 Å². The van der Waals surface area contributed by atoms with Gasteiger partial charge in [0.15, 0.2) is 0 Å². The lowest BCUT2D eigenvalue weighted by Crippen LogP contribution is -2.31. The number of likely N-dealkylation sites (N-methyl/N-ethyl adjacent to an activating group) is 1. The van der Waals surface area contributed by atoms with Gasteiger partial charge >= 0.3 is 0 Å². The topological polar surface area (TPSA) is 75.6 Å². The van der Waals surface area contributed by atoms with Gasteiger partial charge in [0.25, 0.3) is 5.91 Å². The van der Waals surface area contributed by atoms with E-state index in [0.717, 1.165) is 32.6 Å². The fourth-order valence-corrected chi connectivity index (χ4v) is 2.75. The summed E-state index contributed by atoms with van der Waals surface area (Å²) in [6, 6.07) is 3.26. The van der Waals surface area contributed by atoms with Crippen molar-refractivity contribution in [1.82, 2.24) is 4.90 Å². The first-order valence-electron chi connectivity index (χ1n) is 6.31. The first-order valence-corrected chi connectivity index (χ1v) is 6.69. The van der Waals surface area contributed by atoms with E-state index in [1.807, 2.05) is 0 Å². The highest BCUT2D eigenvalue weighted by Gasteiger charge is 2.21. The van der Waals surface area contributed by atoms with Crippen molar-refractivity contribution in [3.63, 3.8) is 0 Å². The predicted octanol–water partition coefficient (Wildman–Crippen LogP) is 1.16. The molecule has 0 spiro atoms. The molecule has 1 fully saturated rings. The van der Waals surface area contributed by atoms with Crippen LogP contribution in [0.1, 0.15) is 16.8 Å². The van der Waals surface area contributed by atoms with Gasteiger partial charge in [0.2, 0.25) is 0 Å². The zero-order chi connectivity index (χ0) is 14.0. The van der Waals surface area contributed by atoms with E-state index in [9.17, 15) is 4.79 Å². The summed E-state index contributed by atoms with van der Waals surface area (Å²) in [6.07, 6.45) is 1.02. The van der Waals surface area contributed by atoms with Crippen LogP contribution in [0.2, 0.25) is 5.02 Å². The molecular weight excluding hydrogens is 264 g/mol. The lowest BCUT2D eigenvalue weighted by Gasteiger charge is -2.26. The second kappa shape index (κ2) is 5.67. The van der Waals surface area contributed by atoms with Crippen LogP contribution < -0.4 is 16.4 Å². The molecule has 1 aliphatic heterocycles. The number of rotatable bonds is 2. The van der Waals surface area contributed by atoms with Crippen molar-refractivity contribution in [2.24, 2.45) is 5.73 Å². The molecule has 1 aromatic carbocycles. The Kier molecular flexibility index (Phi) is 4.17. The monoisotopic (exact) mass is 282 g/mol. The molecule has 6 heteroatoms. The molecular formula is C13H19ClN4O. The molecule has 0 bridgehead atoms. The maximum atomic E-state index is 11.6. The van der Waals surface area contributed by atoms with Crippen molar-refractivity contribution in [3.05, 3.63) is 22.7 Å². The lowest BCUT2D eigenvalue weighted by atomic mass is 10.1. The minimum absolute atomic E-state index is 0.398. The van der Waals surface area contributed by atoms with Crippen LogP contribution in [0.3, 0.4) is 0 Å². The largest absolute Gasteiger partial charge is 0.399 e. The second-order valence-corrected chi connectivity index (χ2v) is 5.31. The molecule has 104 valence electrons. The number of carbonyl (C=O) groups excluding carboxylic acids is 1. The Hall–Kier alpha value is -1.46. The van der Waals surface area contributed by atoms with E-state index in [2.05, 4.69) is 16.8 Å². The van der Waals surface area contributed by atoms with Crippen LogP contribution in [0.25, 0.3) is 0 Å². The Bertz CT molecular complexity index is 492. The smallest absolute Gasteiger partial charge is 0.250 e. The number of benzene rings is 1. The minimum Gasteiger partial charge on any atom is -0.399 e. The fourth-order valence-electron chi connectivity index (χ4n) is 2.40. The molecule has 1 heterocycles. The van der Waals surface area contributed by atoms with Crippen molar-refractivity contribution < 1.29 is 4.79 Å². The normalized spacial score (nSPS) is 17.3. The third kappa shape index (κ3) is 3.11. The zero-order valence-electron chi connectivity index (χ0n) is 11.0. The Morgan fingerprint density at radius 1 is 1.26 bits per heavy atom. The van der Waals surface area contributed by atoms with Gasteiger partial charge in [-0.2, -0.15) is 0 Å². The number of nitrogens with two attached hydrogens (primary N) is 2. The molecule has 0 aliphatic carbocycles. The lowest BCUT2D eigenvalue weighted by molar-refractivity contribution is 0.100. The summed E-state index contributed by atoms with van der Waals surface area (Å²) in [6.45, 7) is 3.64. The van der Waals surface area contributed by atoms with E-state index in [0.29, 0.717) is 22.0 Å². The molecule has 0 radical (unpaired) electrons. The Balaban J connectivity index is 2.40. The SMILES string of the molecule is CN1CCCN(c2c(Cl)cc(N)cc2C(N)=O)CC1. The first kappa shape index (κ1) is 14.0. The third-order valence-electron chi connectivity index (χ3n) is 3.39. The number of halogens is 1. The predicted molar refractivity (Wildman–Crippen MR) is 78.7 cm³/mol. The van der Waals surface area contributed by atoms with Crippen molar-refractivity contribution in [2.75, 3.05) is 43.9 Å². The van der Waals surface area contributed by atoms with E-state index in [1.165, 1.54) is 0 Å². The molecule has 0 aromatic heterocycles. The maximum absolute atomic E-state index is 11.6. The molecule has 1 aliphatic rings. The summed E-state index contributed by atoms with van der Waals surface area (Å²) >= 11 is 6.26. The van der Waals surface area contributed by atoms with Gasteiger partial charge in [0.1, 0.15) is 0 Å². The van der Waals surface area contributed by atoms with Gasteiger partial charge in [0, 0.05) is 25.3 Å². The van der Waals surface area contributed by atoms with Gasteiger partial charge < -0.3 is 21.3 Å². The highest BCUT2D eigenvalue weighted by Crippen LogP contribution is 2.33. The van der Waals surface area contributed by atoms with Crippen molar-refractivity contribution in [1.29, 1.82) is 0 Å². The van der Waals surface area contributed by atoms with Crippen LogP contribution in [0, 0.1) is 0 Å². The van der Waals surface area contributed by atoms with E-state index in [-0.39, 0.29) is 0 Å². The second-order valence-electron chi connectivity index (χ2n) is 4.91. The number of nitrogens with zero attached hydrogens (tertiary/aromatic N) is 2. The van der Waals surface area contributed by atoms with Crippen LogP contribution >= 0.6 is 11.6 Å². The Morgan fingerprint density at radius 2 is 2.00 bits per heavy atom. The number of primary amides is 1. The summed E-state index contributed by atoms with van der Waals surface area (Å²) in [4.78, 5) is 16.0. The molecule has 4 N–H and O–H groups in total. The van der Waals surface area contributed by atoms with E-state index in [1.54, 1.807) is 12.1 Å². The molecule has 5 nitrogen and oxygen atoms in total. The number of hydrogen-bond acceptors (Lipinski definition) is 4. The van der Waals surface area contributed by atoms with Crippen molar-refractivity contribution in [3.8, 4) is 0 Å². The Labute approximate surface area is 118 Å². The molecule has 0 atom stereocenters. The van der Waals surface area contributed by atoms with Crippen LogP contribution in [-0.4, -0.2) is 44.0 Å². The molecule has 1 aromatic rings. The molecule has 2 rings (SSSR count). The number of hydrogen-bond donors (Lipinski definition) is 2. The molecule has 0 saturated carbocycles. The van der Waals surface area contributed by atoms with Crippen LogP contribution in [0.4, 0.5) is 11.4 Å². The summed E-state index contributed by atoms with van der Waals surface area (Å²) in [5, 5.41) is 0.485. The molecule has 1 saturated heterocycles. The highest BCUT2D eigenvalue weighted by molar-refractivity contribution is 6.34. The van der Waals surface area contributed by atoms with Crippen LogP contribution in [0.15, 0.2) is 12.1 Å². The number of nitrogen functional groups attached to an aromatic ring is 1. The minimum atomic E-state index is -0.498. The summed E-state index contributed by atoms with van der Waals surface area (Å²) in [7, 11) is 2.09. The third-order valence-corrected chi connectivity index (χ3v) is 3.68. The number of anilines is 2. The quantitative estimate of drug-likeness (QED) is 0.798. The van der Waals surface area contributed by atoms with E-state index < -0.39 is 5.91 Å². The fraction of sp³-hybridized carbons (Fsp3) is 0.462. The average Bonchev–Trinajstić information content (AvgIpc) is 2.53. The zero-order valence-corrected chi connectivity index (χ0v) is 11.8. The van der Waals surface area contributed by atoms with Gasteiger partial charge in [-0.25, -0.2) is 0 Å². The molecule has 0 unspecified atom stereocenters. The maximum Gasteiger partial charge on any atom is 0.250 e. The van der Waals surface area contributed by atoms with Crippen LogP contribution in [-0.2, 0) is 0 Å². The highest BCUT2D eigenvalue weighted by atomic mass is 35.5. The summed E-state index contributed by atoms with van der Waals surface area (Å²) in [5.74, 6) is -0.498. The average molecular weight is 283 g/mol. The van der Waals surface area contributed by atoms with Gasteiger partial charge in [-0.3, -0.25) is 4.79 Å². The van der Waals surface area contributed by atoms with E-state index in [4.69, 9.17) is 23.1 Å². The first-order chi connectivity index (χ1) is 8.99. The van der Waals surface area contributed by atoms with Gasteiger partial charge in [0.05, 0.1) is 16.3 Å². The number of carbonyl (C=O) groups is 1. The van der Waals surface area contributed by atoms with E-state index >= 15 is 0 Å². The molecule has 1 amide bonds. The van der Waals surface area contributed by atoms with Gasteiger partial charge in [-0.05, 0) is 32.1 Å². The standard InChI is InChI=1S/C13H19ClN4O/c1-17-3-2-4-18(6-5-17)12-10(13(16)19)7-9(15)8-11(12)14/h7-8H,2-6,15H2,1H3,(H2,16,19). The van der Waals surface area contributed by atoms with Gasteiger partial charge in [-0.15, -0.1) is 0 Å². The van der Waals surface area contributed by atoms with Crippen molar-refractivity contribution in [2.45, 2.75) is 6.42 Å². The summed E-state index contributed by atoms with van der Waals surface area (Å²) in [5.41, 5.74) is 12.7. The Morgan fingerprint density at radius 3 is 2.68 bits per heavy atom.